The van der Waals surface area contributed by atoms with Crippen LogP contribution in [-0.2, 0) is 14.3 Å². The summed E-state index contributed by atoms with van der Waals surface area (Å²) < 4.78 is 11.6. The third-order valence-electron chi connectivity index (χ3n) is 3.07. The number of ether oxygens (including phenoxy) is 2. The van der Waals surface area contributed by atoms with Crippen LogP contribution in [0.3, 0.4) is 0 Å². The van der Waals surface area contributed by atoms with Crippen LogP contribution in [0.5, 0.6) is 5.75 Å². The molecule has 25 heavy (non-hydrogen) atoms. The van der Waals surface area contributed by atoms with Gasteiger partial charge in [0.15, 0.2) is 6.61 Å². The van der Waals surface area contributed by atoms with Crippen LogP contribution in [0.2, 0.25) is 0 Å². The van der Waals surface area contributed by atoms with Crippen molar-refractivity contribution >= 4 is 80.1 Å². The molecule has 0 bridgehead atoms. The summed E-state index contributed by atoms with van der Waals surface area (Å²) in [6, 6.07) is 3.63. The molecule has 1 aliphatic heterocycles. The van der Waals surface area contributed by atoms with Gasteiger partial charge in [0.05, 0.1) is 19.2 Å². The minimum Gasteiger partial charge on any atom is -0.480 e. The minimum absolute atomic E-state index is 0.178. The zero-order chi connectivity index (χ0) is 18.6. The highest BCUT2D eigenvalue weighted by atomic mass is 127. The van der Waals surface area contributed by atoms with Crippen LogP contribution in [0.25, 0.3) is 6.08 Å². The molecule has 2 rings (SSSR count). The van der Waals surface area contributed by atoms with E-state index in [0.717, 1.165) is 29.4 Å². The Morgan fingerprint density at radius 1 is 1.32 bits per heavy atom. The van der Waals surface area contributed by atoms with Gasteiger partial charge in [0.1, 0.15) is 5.75 Å². The van der Waals surface area contributed by atoms with Crippen molar-refractivity contribution in [2.45, 2.75) is 0 Å². The number of benzene rings is 1. The molecule has 0 unspecified atom stereocenters. The molecule has 1 aromatic carbocycles. The molecule has 1 heterocycles. The number of hydrogen-bond donors (Lipinski definition) is 0. The van der Waals surface area contributed by atoms with Crippen molar-refractivity contribution in [1.29, 1.82) is 0 Å². The van der Waals surface area contributed by atoms with Gasteiger partial charge < -0.3 is 9.47 Å². The lowest BCUT2D eigenvalue weighted by atomic mass is 10.2. The molecular weight excluding hydrogens is 572 g/mol. The quantitative estimate of drug-likeness (QED) is 0.220. The van der Waals surface area contributed by atoms with Crippen molar-refractivity contribution < 1.29 is 23.9 Å². The van der Waals surface area contributed by atoms with E-state index in [1.807, 2.05) is 12.1 Å². The number of amides is 2. The van der Waals surface area contributed by atoms with E-state index in [1.165, 1.54) is 13.2 Å². The lowest BCUT2D eigenvalue weighted by molar-refractivity contribution is -0.143. The summed E-state index contributed by atoms with van der Waals surface area (Å²) >= 11 is 5.08. The fraction of sp³-hybridized carbons (Fsp3) is 0.188. The van der Waals surface area contributed by atoms with Crippen molar-refractivity contribution in [2.24, 2.45) is 0 Å². The van der Waals surface area contributed by atoms with E-state index in [2.05, 4.69) is 56.5 Å². The first-order chi connectivity index (χ1) is 11.9. The second-order valence-corrected chi connectivity index (χ2v) is 8.08. The maximum Gasteiger partial charge on any atom is 0.343 e. The zero-order valence-corrected chi connectivity index (χ0v) is 18.2. The smallest absolute Gasteiger partial charge is 0.343 e. The molecule has 0 saturated carbocycles. The molecule has 0 spiro atoms. The lowest BCUT2D eigenvalue weighted by Gasteiger charge is -2.10. The summed E-state index contributed by atoms with van der Waals surface area (Å²) in [5, 5.41) is -0.307. The Morgan fingerprint density at radius 2 is 1.96 bits per heavy atom. The molecule has 1 fully saturated rings. The molecule has 0 aliphatic carbocycles. The number of carbonyl (C=O) groups excluding carboxylic acids is 3. The summed E-state index contributed by atoms with van der Waals surface area (Å²) in [5.74, 6) is -0.221. The Labute approximate surface area is 176 Å². The lowest BCUT2D eigenvalue weighted by Crippen LogP contribution is -2.27. The number of halogens is 2. The Morgan fingerprint density at radius 3 is 2.52 bits per heavy atom. The average Bonchev–Trinajstić information content (AvgIpc) is 2.81. The van der Waals surface area contributed by atoms with Gasteiger partial charge in [-0.25, -0.2) is 4.79 Å². The summed E-state index contributed by atoms with van der Waals surface area (Å²) in [6.45, 7) is 3.56. The summed E-state index contributed by atoms with van der Waals surface area (Å²) in [4.78, 5) is 36.8. The van der Waals surface area contributed by atoms with Crippen LogP contribution in [0.1, 0.15) is 5.56 Å². The van der Waals surface area contributed by atoms with Gasteiger partial charge in [0.25, 0.3) is 11.1 Å². The highest BCUT2D eigenvalue weighted by Gasteiger charge is 2.34. The largest absolute Gasteiger partial charge is 0.480 e. The Hall–Kier alpha value is -1.08. The van der Waals surface area contributed by atoms with E-state index in [0.29, 0.717) is 10.7 Å². The third-order valence-corrected chi connectivity index (χ3v) is 5.58. The molecule has 0 atom stereocenters. The predicted octanol–water partition coefficient (Wildman–Crippen LogP) is 3.67. The van der Waals surface area contributed by atoms with Crippen LogP contribution in [0, 0.1) is 7.14 Å². The van der Waals surface area contributed by atoms with E-state index in [1.54, 1.807) is 6.08 Å². The molecule has 0 N–H and O–H groups in total. The number of hydrogen-bond acceptors (Lipinski definition) is 6. The number of carbonyl (C=O) groups is 3. The van der Waals surface area contributed by atoms with E-state index in [4.69, 9.17) is 4.74 Å². The van der Waals surface area contributed by atoms with Gasteiger partial charge in [-0.2, -0.15) is 0 Å². The molecule has 132 valence electrons. The normalized spacial score (nSPS) is 15.6. The van der Waals surface area contributed by atoms with Crippen molar-refractivity contribution in [2.75, 3.05) is 20.3 Å². The Balaban J connectivity index is 2.24. The molecule has 0 radical (unpaired) electrons. The molecule has 1 aliphatic rings. The van der Waals surface area contributed by atoms with E-state index < -0.39 is 5.97 Å². The molecule has 1 aromatic rings. The molecule has 2 amide bonds. The third kappa shape index (κ3) is 4.97. The summed E-state index contributed by atoms with van der Waals surface area (Å²) in [6.07, 6.45) is 3.18. The second kappa shape index (κ2) is 9.03. The standard InChI is InChI=1S/C16H13I2NO5S/c1-3-4-19-15(21)12(25-16(19)22)7-9-5-10(17)14(11(18)6-9)24-8-13(20)23-2/h3,5-7H,1,4,8H2,2H3/b12-7+. The van der Waals surface area contributed by atoms with Crippen LogP contribution >= 0.6 is 56.9 Å². The number of methoxy groups -OCH3 is 1. The Bertz CT molecular complexity index is 755. The average molecular weight is 585 g/mol. The first-order valence-corrected chi connectivity index (χ1v) is 9.89. The number of nitrogens with zero attached hydrogens (tertiary/aromatic N) is 1. The van der Waals surface area contributed by atoms with Gasteiger partial charge in [-0.3, -0.25) is 14.5 Å². The van der Waals surface area contributed by atoms with E-state index in [9.17, 15) is 14.4 Å². The number of rotatable bonds is 6. The second-order valence-electron chi connectivity index (χ2n) is 4.76. The van der Waals surface area contributed by atoms with Crippen molar-refractivity contribution in [3.63, 3.8) is 0 Å². The molecule has 6 nitrogen and oxygen atoms in total. The van der Waals surface area contributed by atoms with Crippen LogP contribution in [0.4, 0.5) is 4.79 Å². The highest BCUT2D eigenvalue weighted by molar-refractivity contribution is 14.1. The number of esters is 1. The molecule has 9 heteroatoms. The fourth-order valence-corrected chi connectivity index (χ4v) is 4.90. The van der Waals surface area contributed by atoms with Crippen molar-refractivity contribution in [3.8, 4) is 5.75 Å². The maximum atomic E-state index is 12.2. The first-order valence-electron chi connectivity index (χ1n) is 6.92. The van der Waals surface area contributed by atoms with Crippen molar-refractivity contribution in [3.05, 3.63) is 42.4 Å². The van der Waals surface area contributed by atoms with Crippen molar-refractivity contribution in [1.82, 2.24) is 4.90 Å². The minimum atomic E-state index is -0.466. The maximum absolute atomic E-state index is 12.2. The van der Waals surface area contributed by atoms with Gasteiger partial charge in [-0.1, -0.05) is 6.08 Å². The van der Waals surface area contributed by atoms with Crippen LogP contribution in [0.15, 0.2) is 29.7 Å². The number of imide groups is 1. The van der Waals surface area contributed by atoms with Gasteiger partial charge in [-0.05, 0) is 80.7 Å². The summed E-state index contributed by atoms with van der Waals surface area (Å²) in [7, 11) is 1.30. The Kier molecular flexibility index (Phi) is 7.31. The summed E-state index contributed by atoms with van der Waals surface area (Å²) in [5.41, 5.74) is 0.767. The van der Waals surface area contributed by atoms with Gasteiger partial charge >= 0.3 is 5.97 Å². The van der Waals surface area contributed by atoms with Gasteiger partial charge in [0, 0.05) is 6.54 Å². The predicted molar refractivity (Wildman–Crippen MR) is 112 cm³/mol. The number of thioether (sulfide) groups is 1. The van der Waals surface area contributed by atoms with Gasteiger partial charge in [0.2, 0.25) is 0 Å². The van der Waals surface area contributed by atoms with E-state index >= 15 is 0 Å². The zero-order valence-electron chi connectivity index (χ0n) is 13.1. The van der Waals surface area contributed by atoms with E-state index in [-0.39, 0.29) is 24.3 Å². The topological polar surface area (TPSA) is 72.9 Å². The van der Waals surface area contributed by atoms with Crippen LogP contribution in [-0.4, -0.2) is 42.3 Å². The first kappa shape index (κ1) is 20.2. The monoisotopic (exact) mass is 585 g/mol. The fourth-order valence-electron chi connectivity index (χ4n) is 1.93. The molecular formula is C16H13I2NO5S. The highest BCUT2D eigenvalue weighted by Crippen LogP contribution is 2.34. The van der Waals surface area contributed by atoms with Gasteiger partial charge in [-0.15, -0.1) is 6.58 Å². The molecule has 1 saturated heterocycles. The van der Waals surface area contributed by atoms with Crippen LogP contribution < -0.4 is 4.74 Å². The SMILES string of the molecule is C=CCN1C(=O)S/C(=C/c2cc(I)c(OCC(=O)OC)c(I)c2)C1=O. The molecule has 0 aromatic heterocycles.